The number of thiazole rings is 1. The zero-order valence-electron chi connectivity index (χ0n) is 16.9. The molecular formula is C23H19ClN2O3S2. The van der Waals surface area contributed by atoms with Crippen LogP contribution in [-0.4, -0.2) is 23.9 Å². The lowest BCUT2D eigenvalue weighted by Gasteiger charge is -2.12. The fraction of sp³-hybridized carbons (Fsp3) is 0.130. The predicted molar refractivity (Wildman–Crippen MR) is 127 cm³/mol. The van der Waals surface area contributed by atoms with Crippen molar-refractivity contribution in [2.24, 2.45) is 4.99 Å². The van der Waals surface area contributed by atoms with Crippen molar-refractivity contribution in [2.45, 2.75) is 6.54 Å². The molecule has 158 valence electrons. The van der Waals surface area contributed by atoms with Crippen molar-refractivity contribution in [3.8, 4) is 17.4 Å². The lowest BCUT2D eigenvalue weighted by atomic mass is 9.97. The van der Waals surface area contributed by atoms with Gasteiger partial charge in [0.1, 0.15) is 11.5 Å². The third-order valence-corrected chi connectivity index (χ3v) is 6.57. The van der Waals surface area contributed by atoms with E-state index in [1.807, 2.05) is 36.4 Å². The molecule has 5 nitrogen and oxygen atoms in total. The molecule has 0 aliphatic carbocycles. The number of aromatic hydroxyl groups is 1. The van der Waals surface area contributed by atoms with Crippen LogP contribution in [0.5, 0.6) is 17.4 Å². The molecule has 1 aromatic heterocycles. The van der Waals surface area contributed by atoms with Crippen LogP contribution >= 0.6 is 35.2 Å². The molecule has 31 heavy (non-hydrogen) atoms. The Kier molecular flexibility index (Phi) is 6.00. The van der Waals surface area contributed by atoms with E-state index >= 15 is 0 Å². The summed E-state index contributed by atoms with van der Waals surface area (Å²) in [4.78, 5) is 5.29. The summed E-state index contributed by atoms with van der Waals surface area (Å²) in [6, 6.07) is 9.39. The van der Waals surface area contributed by atoms with Gasteiger partial charge in [0, 0.05) is 34.6 Å². The second-order valence-electron chi connectivity index (χ2n) is 6.70. The number of rotatable bonds is 6. The average molecular weight is 471 g/mol. The Morgan fingerprint density at radius 3 is 2.58 bits per heavy atom. The highest BCUT2D eigenvalue weighted by atomic mass is 35.5. The van der Waals surface area contributed by atoms with Gasteiger partial charge >= 0.3 is 0 Å². The number of hydrogen-bond acceptors (Lipinski definition) is 6. The quantitative estimate of drug-likeness (QED) is 0.419. The van der Waals surface area contributed by atoms with Gasteiger partial charge in [0.15, 0.2) is 3.95 Å². The van der Waals surface area contributed by atoms with Crippen LogP contribution in [0.3, 0.4) is 0 Å². The first kappa shape index (κ1) is 21.4. The SMILES string of the molecule is C=CCn1c(O)c(/C=c2\c(OC)cc(OC)c3c2=NC=C3c2ccc(Cl)cc2)sc1=S. The Hall–Kier alpha value is -2.87. The van der Waals surface area contributed by atoms with Crippen LogP contribution in [0.15, 0.2) is 54.2 Å². The summed E-state index contributed by atoms with van der Waals surface area (Å²) in [6.07, 6.45) is 5.34. The van der Waals surface area contributed by atoms with Gasteiger partial charge in [-0.3, -0.25) is 9.56 Å². The second-order valence-corrected chi connectivity index (χ2v) is 8.81. The molecule has 0 fully saturated rings. The standard InChI is InChI=1S/C23H19ClN2O3S2/c1-4-9-26-22(27)19(31-23(26)30)10-15-17(28-2)11-18(29-3)20-16(12-25-21(15)20)13-5-7-14(24)8-6-13/h4-8,10-12,27H,1,9H2,2-3H3/b15-10+. The monoisotopic (exact) mass is 470 g/mol. The summed E-state index contributed by atoms with van der Waals surface area (Å²) < 4.78 is 13.5. The number of nitrogens with zero attached hydrogens (tertiary/aromatic N) is 2. The minimum atomic E-state index is 0.0883. The average Bonchev–Trinajstić information content (AvgIpc) is 3.32. The fourth-order valence-electron chi connectivity index (χ4n) is 3.47. The number of fused-ring (bicyclic) bond motifs is 1. The molecule has 8 heteroatoms. The van der Waals surface area contributed by atoms with Crippen molar-refractivity contribution in [1.29, 1.82) is 0 Å². The normalized spacial score (nSPS) is 12.9. The first-order chi connectivity index (χ1) is 15.0. The molecule has 0 amide bonds. The Labute approximate surface area is 193 Å². The van der Waals surface area contributed by atoms with Crippen molar-refractivity contribution < 1.29 is 14.6 Å². The molecular weight excluding hydrogens is 452 g/mol. The van der Waals surface area contributed by atoms with E-state index in [1.54, 1.807) is 31.1 Å². The molecule has 0 spiro atoms. The Balaban J connectivity index is 1.97. The van der Waals surface area contributed by atoms with Gasteiger partial charge in [-0.15, -0.1) is 17.9 Å². The van der Waals surface area contributed by atoms with E-state index in [-0.39, 0.29) is 5.88 Å². The van der Waals surface area contributed by atoms with Gasteiger partial charge < -0.3 is 14.6 Å². The van der Waals surface area contributed by atoms with Gasteiger partial charge in [0.2, 0.25) is 5.88 Å². The number of benzene rings is 2. The summed E-state index contributed by atoms with van der Waals surface area (Å²) in [5.74, 6) is 1.32. The molecule has 1 N–H and O–H groups in total. The van der Waals surface area contributed by atoms with Gasteiger partial charge in [-0.05, 0) is 36.0 Å². The Bertz CT molecular complexity index is 1390. The third-order valence-electron chi connectivity index (χ3n) is 4.93. The van der Waals surface area contributed by atoms with E-state index in [0.717, 1.165) is 21.9 Å². The van der Waals surface area contributed by atoms with Gasteiger partial charge in [0.05, 0.1) is 30.0 Å². The molecule has 0 radical (unpaired) electrons. The first-order valence-corrected chi connectivity index (χ1v) is 10.9. The van der Waals surface area contributed by atoms with Gasteiger partial charge in [-0.1, -0.05) is 29.8 Å². The maximum atomic E-state index is 10.7. The summed E-state index contributed by atoms with van der Waals surface area (Å²) in [5, 5.41) is 12.8. The first-order valence-electron chi connectivity index (χ1n) is 9.33. The highest BCUT2D eigenvalue weighted by molar-refractivity contribution is 7.73. The lowest BCUT2D eigenvalue weighted by Crippen LogP contribution is -2.29. The lowest BCUT2D eigenvalue weighted by molar-refractivity contribution is 0.390. The van der Waals surface area contributed by atoms with Crippen LogP contribution in [0.25, 0.3) is 11.6 Å². The van der Waals surface area contributed by atoms with Crippen LogP contribution in [-0.2, 0) is 6.54 Å². The van der Waals surface area contributed by atoms with E-state index in [1.165, 1.54) is 11.3 Å². The topological polar surface area (TPSA) is 56.0 Å². The van der Waals surface area contributed by atoms with Gasteiger partial charge in [-0.2, -0.15) is 0 Å². The van der Waals surface area contributed by atoms with Crippen LogP contribution < -0.4 is 20.0 Å². The number of ether oxygens (including phenoxy) is 2. The fourth-order valence-corrected chi connectivity index (χ4v) is 4.87. The maximum absolute atomic E-state index is 10.7. The molecule has 2 heterocycles. The van der Waals surface area contributed by atoms with Crippen LogP contribution in [0.1, 0.15) is 16.0 Å². The molecule has 0 saturated heterocycles. The van der Waals surface area contributed by atoms with E-state index in [4.69, 9.17) is 33.3 Å². The molecule has 2 aromatic carbocycles. The summed E-state index contributed by atoms with van der Waals surface area (Å²) >= 11 is 12.8. The van der Waals surface area contributed by atoms with E-state index < -0.39 is 0 Å². The number of methoxy groups -OCH3 is 2. The number of halogens is 1. The third kappa shape index (κ3) is 3.80. The molecule has 0 atom stereocenters. The number of hydrogen-bond donors (Lipinski definition) is 1. The van der Waals surface area contributed by atoms with Crippen LogP contribution in [0.2, 0.25) is 5.02 Å². The molecule has 4 rings (SSSR count). The minimum absolute atomic E-state index is 0.0883. The predicted octanol–water partition coefficient (Wildman–Crippen LogP) is 4.69. The molecule has 3 aromatic rings. The highest BCUT2D eigenvalue weighted by Gasteiger charge is 2.21. The summed E-state index contributed by atoms with van der Waals surface area (Å²) in [6.45, 7) is 4.15. The summed E-state index contributed by atoms with van der Waals surface area (Å²) in [5.41, 5.74) is 2.74. The Morgan fingerprint density at radius 2 is 1.94 bits per heavy atom. The smallest absolute Gasteiger partial charge is 0.210 e. The largest absolute Gasteiger partial charge is 0.496 e. The van der Waals surface area contributed by atoms with Crippen molar-refractivity contribution in [3.63, 3.8) is 0 Å². The van der Waals surface area contributed by atoms with Crippen LogP contribution in [0, 0.1) is 3.95 Å². The van der Waals surface area contributed by atoms with Crippen molar-refractivity contribution in [3.05, 3.63) is 84.7 Å². The highest BCUT2D eigenvalue weighted by Crippen LogP contribution is 2.33. The van der Waals surface area contributed by atoms with Crippen LogP contribution in [0.4, 0.5) is 0 Å². The molecule has 0 saturated carbocycles. The van der Waals surface area contributed by atoms with Gasteiger partial charge in [-0.25, -0.2) is 0 Å². The second kappa shape index (κ2) is 8.70. The molecule has 0 bridgehead atoms. The minimum Gasteiger partial charge on any atom is -0.496 e. The molecule has 0 unspecified atom stereocenters. The van der Waals surface area contributed by atoms with Gasteiger partial charge in [0.25, 0.3) is 0 Å². The maximum Gasteiger partial charge on any atom is 0.210 e. The summed E-state index contributed by atoms with van der Waals surface area (Å²) in [7, 11) is 3.20. The number of allylic oxidation sites excluding steroid dienone is 1. The molecule has 1 aliphatic rings. The molecule has 1 aliphatic heterocycles. The number of aromatic nitrogens is 1. The van der Waals surface area contributed by atoms with Crippen molar-refractivity contribution in [2.75, 3.05) is 14.2 Å². The zero-order valence-corrected chi connectivity index (χ0v) is 19.3. The van der Waals surface area contributed by atoms with E-state index in [0.29, 0.717) is 37.3 Å². The van der Waals surface area contributed by atoms with Crippen molar-refractivity contribution >= 4 is 46.8 Å². The van der Waals surface area contributed by atoms with E-state index in [2.05, 4.69) is 11.6 Å². The zero-order chi connectivity index (χ0) is 22.1. The van der Waals surface area contributed by atoms with E-state index in [9.17, 15) is 5.11 Å². The van der Waals surface area contributed by atoms with Crippen molar-refractivity contribution in [1.82, 2.24) is 4.57 Å². The Morgan fingerprint density at radius 1 is 1.23 bits per heavy atom.